The Bertz CT molecular complexity index is 422. The van der Waals surface area contributed by atoms with E-state index in [4.69, 9.17) is 10.5 Å². The molecule has 0 unspecified atom stereocenters. The average molecular weight is 250 g/mol. The molecule has 1 aromatic rings. The molecule has 1 amide bonds. The molecule has 0 saturated heterocycles. The molecule has 0 fully saturated rings. The Hall–Kier alpha value is -1.55. The Balaban J connectivity index is 2.89. The highest BCUT2D eigenvalue weighted by Crippen LogP contribution is 2.24. The van der Waals surface area contributed by atoms with Gasteiger partial charge in [-0.2, -0.15) is 0 Å². The normalized spacial score (nSPS) is 11.2. The second kappa shape index (κ2) is 5.87. The Morgan fingerprint density at radius 1 is 1.39 bits per heavy atom. The summed E-state index contributed by atoms with van der Waals surface area (Å²) in [7, 11) is 0. The minimum absolute atomic E-state index is 0.0189. The molecule has 0 spiro atoms. The maximum absolute atomic E-state index is 11.9. The summed E-state index contributed by atoms with van der Waals surface area (Å²) in [6, 6.07) is 5.52. The van der Waals surface area contributed by atoms with E-state index in [2.05, 4.69) is 5.32 Å². The predicted octanol–water partition coefficient (Wildman–Crippen LogP) is 2.53. The van der Waals surface area contributed by atoms with Gasteiger partial charge in [-0.25, -0.2) is 0 Å². The van der Waals surface area contributed by atoms with E-state index in [9.17, 15) is 4.79 Å². The number of carbonyl (C=O) groups is 1. The van der Waals surface area contributed by atoms with Crippen LogP contribution in [-0.2, 0) is 11.3 Å². The highest BCUT2D eigenvalue weighted by atomic mass is 16.5. The van der Waals surface area contributed by atoms with Gasteiger partial charge in [-0.05, 0) is 25.1 Å². The molecule has 0 aliphatic carbocycles. The van der Waals surface area contributed by atoms with Crippen LogP contribution < -0.4 is 15.8 Å². The molecule has 0 aliphatic heterocycles. The van der Waals surface area contributed by atoms with Gasteiger partial charge in [0.05, 0.1) is 6.61 Å². The quantitative estimate of drug-likeness (QED) is 0.863. The van der Waals surface area contributed by atoms with Gasteiger partial charge in [-0.3, -0.25) is 4.79 Å². The highest BCUT2D eigenvalue weighted by molar-refractivity contribution is 5.94. The summed E-state index contributed by atoms with van der Waals surface area (Å²) >= 11 is 0. The van der Waals surface area contributed by atoms with Crippen LogP contribution in [0.3, 0.4) is 0 Å². The lowest BCUT2D eigenvalue weighted by Gasteiger charge is -2.18. The summed E-state index contributed by atoms with van der Waals surface area (Å²) in [4.78, 5) is 11.9. The molecule has 0 heterocycles. The van der Waals surface area contributed by atoms with E-state index in [0.29, 0.717) is 13.2 Å². The lowest BCUT2D eigenvalue weighted by atomic mass is 9.95. The molecule has 1 aromatic carbocycles. The largest absolute Gasteiger partial charge is 0.494 e. The van der Waals surface area contributed by atoms with Crippen LogP contribution in [0.1, 0.15) is 33.3 Å². The summed E-state index contributed by atoms with van der Waals surface area (Å²) in [5.74, 6) is 0.753. The monoisotopic (exact) mass is 250 g/mol. The Morgan fingerprint density at radius 2 is 2.06 bits per heavy atom. The second-order valence-electron chi connectivity index (χ2n) is 5.16. The fourth-order valence-electron chi connectivity index (χ4n) is 1.43. The van der Waals surface area contributed by atoms with Gasteiger partial charge in [0, 0.05) is 23.2 Å². The van der Waals surface area contributed by atoms with Gasteiger partial charge < -0.3 is 15.8 Å². The van der Waals surface area contributed by atoms with Gasteiger partial charge in [0.1, 0.15) is 5.75 Å². The molecule has 4 nitrogen and oxygen atoms in total. The summed E-state index contributed by atoms with van der Waals surface area (Å²) in [6.45, 7) is 8.53. The molecule has 100 valence electrons. The Morgan fingerprint density at radius 3 is 2.56 bits per heavy atom. The van der Waals surface area contributed by atoms with Crippen molar-refractivity contribution in [2.24, 2.45) is 11.1 Å². The van der Waals surface area contributed by atoms with Crippen molar-refractivity contribution in [3.8, 4) is 5.75 Å². The zero-order valence-electron chi connectivity index (χ0n) is 11.5. The Labute approximate surface area is 109 Å². The van der Waals surface area contributed by atoms with Crippen LogP contribution in [0.2, 0.25) is 0 Å². The number of nitrogens with one attached hydrogen (secondary N) is 1. The van der Waals surface area contributed by atoms with Crippen LogP contribution in [0, 0.1) is 5.41 Å². The molecule has 4 heteroatoms. The fourth-order valence-corrected chi connectivity index (χ4v) is 1.43. The van der Waals surface area contributed by atoms with Crippen LogP contribution >= 0.6 is 0 Å². The van der Waals surface area contributed by atoms with Crippen molar-refractivity contribution >= 4 is 11.6 Å². The standard InChI is InChI=1S/C14H22N2O2/c1-5-18-12-7-6-11(8-10(12)9-15)16-13(17)14(2,3)4/h6-8H,5,9,15H2,1-4H3,(H,16,17). The molecule has 3 N–H and O–H groups in total. The van der Waals surface area contributed by atoms with Crippen molar-refractivity contribution in [3.05, 3.63) is 23.8 Å². The minimum atomic E-state index is -0.415. The van der Waals surface area contributed by atoms with E-state index < -0.39 is 5.41 Å². The number of anilines is 1. The van der Waals surface area contributed by atoms with E-state index >= 15 is 0 Å². The summed E-state index contributed by atoms with van der Waals surface area (Å²) < 4.78 is 5.46. The SMILES string of the molecule is CCOc1ccc(NC(=O)C(C)(C)C)cc1CN. The summed E-state index contributed by atoms with van der Waals surface area (Å²) in [5, 5.41) is 2.88. The van der Waals surface area contributed by atoms with E-state index in [0.717, 1.165) is 17.0 Å². The van der Waals surface area contributed by atoms with Crippen molar-refractivity contribution in [1.82, 2.24) is 0 Å². The van der Waals surface area contributed by atoms with Crippen LogP contribution in [-0.4, -0.2) is 12.5 Å². The maximum atomic E-state index is 11.9. The lowest BCUT2D eigenvalue weighted by molar-refractivity contribution is -0.123. The number of rotatable bonds is 4. The van der Waals surface area contributed by atoms with Gasteiger partial charge in [0.2, 0.25) is 5.91 Å². The van der Waals surface area contributed by atoms with Crippen molar-refractivity contribution < 1.29 is 9.53 Å². The van der Waals surface area contributed by atoms with Crippen LogP contribution in [0.4, 0.5) is 5.69 Å². The van der Waals surface area contributed by atoms with E-state index in [-0.39, 0.29) is 5.91 Å². The summed E-state index contributed by atoms with van der Waals surface area (Å²) in [5.41, 5.74) is 6.90. The molecule has 0 saturated carbocycles. The molecular formula is C14H22N2O2. The molecule has 0 atom stereocenters. The van der Waals surface area contributed by atoms with Crippen molar-refractivity contribution in [2.75, 3.05) is 11.9 Å². The number of hydrogen-bond donors (Lipinski definition) is 2. The minimum Gasteiger partial charge on any atom is -0.494 e. The predicted molar refractivity (Wildman–Crippen MR) is 73.6 cm³/mol. The Kier molecular flexibility index (Phi) is 4.73. The van der Waals surface area contributed by atoms with Crippen molar-refractivity contribution in [3.63, 3.8) is 0 Å². The second-order valence-corrected chi connectivity index (χ2v) is 5.16. The molecule has 0 radical (unpaired) electrons. The van der Waals surface area contributed by atoms with E-state index in [1.165, 1.54) is 0 Å². The first-order valence-electron chi connectivity index (χ1n) is 6.15. The maximum Gasteiger partial charge on any atom is 0.229 e. The topological polar surface area (TPSA) is 64.3 Å². The fraction of sp³-hybridized carbons (Fsp3) is 0.500. The first-order chi connectivity index (χ1) is 8.38. The molecule has 1 rings (SSSR count). The number of hydrogen-bond acceptors (Lipinski definition) is 3. The van der Waals surface area contributed by atoms with E-state index in [1.54, 1.807) is 0 Å². The number of amides is 1. The molecule has 18 heavy (non-hydrogen) atoms. The zero-order chi connectivity index (χ0) is 13.8. The summed E-state index contributed by atoms with van der Waals surface area (Å²) in [6.07, 6.45) is 0. The lowest BCUT2D eigenvalue weighted by Crippen LogP contribution is -2.27. The van der Waals surface area contributed by atoms with Gasteiger partial charge in [-0.1, -0.05) is 20.8 Å². The molecule has 0 aliphatic rings. The smallest absolute Gasteiger partial charge is 0.229 e. The number of benzene rings is 1. The van der Waals surface area contributed by atoms with Gasteiger partial charge in [0.15, 0.2) is 0 Å². The van der Waals surface area contributed by atoms with Crippen LogP contribution in [0.15, 0.2) is 18.2 Å². The first-order valence-corrected chi connectivity index (χ1v) is 6.15. The number of ether oxygens (including phenoxy) is 1. The van der Waals surface area contributed by atoms with Crippen molar-refractivity contribution in [1.29, 1.82) is 0 Å². The first kappa shape index (κ1) is 14.5. The third-order valence-corrected chi connectivity index (χ3v) is 2.52. The van der Waals surface area contributed by atoms with Crippen molar-refractivity contribution in [2.45, 2.75) is 34.2 Å². The molecule has 0 bridgehead atoms. The number of carbonyl (C=O) groups excluding carboxylic acids is 1. The molecule has 0 aromatic heterocycles. The third kappa shape index (κ3) is 3.74. The zero-order valence-corrected chi connectivity index (χ0v) is 11.5. The molecular weight excluding hydrogens is 228 g/mol. The van der Waals surface area contributed by atoms with Gasteiger partial charge in [-0.15, -0.1) is 0 Å². The third-order valence-electron chi connectivity index (χ3n) is 2.52. The van der Waals surface area contributed by atoms with E-state index in [1.807, 2.05) is 45.9 Å². The van der Waals surface area contributed by atoms with Crippen LogP contribution in [0.5, 0.6) is 5.75 Å². The average Bonchev–Trinajstić information content (AvgIpc) is 2.30. The number of nitrogens with two attached hydrogens (primary N) is 1. The van der Waals surface area contributed by atoms with Crippen LogP contribution in [0.25, 0.3) is 0 Å². The van der Waals surface area contributed by atoms with Gasteiger partial charge in [0.25, 0.3) is 0 Å². The van der Waals surface area contributed by atoms with Gasteiger partial charge >= 0.3 is 0 Å². The highest BCUT2D eigenvalue weighted by Gasteiger charge is 2.21.